The molecule has 4 nitrogen and oxygen atoms in total. The van der Waals surface area contributed by atoms with Crippen LogP contribution in [0.15, 0.2) is 42.6 Å². The molecule has 2 atom stereocenters. The summed E-state index contributed by atoms with van der Waals surface area (Å²) in [5.74, 6) is 3.87. The zero-order valence-electron chi connectivity index (χ0n) is 17.7. The van der Waals surface area contributed by atoms with Gasteiger partial charge in [0.15, 0.2) is 11.5 Å². The lowest BCUT2D eigenvalue weighted by Crippen LogP contribution is -2.20. The van der Waals surface area contributed by atoms with E-state index in [1.54, 1.807) is 7.11 Å². The van der Waals surface area contributed by atoms with Crippen molar-refractivity contribution in [2.24, 2.45) is 5.92 Å². The fourth-order valence-corrected chi connectivity index (χ4v) is 4.33. The fraction of sp³-hybridized carbons (Fsp3) is 0.542. The van der Waals surface area contributed by atoms with Gasteiger partial charge in [0.1, 0.15) is 5.82 Å². The fourth-order valence-electron chi connectivity index (χ4n) is 4.33. The lowest BCUT2D eigenvalue weighted by atomic mass is 9.90. The molecule has 1 saturated carbocycles. The molecule has 4 heteroatoms. The second-order valence-electron chi connectivity index (χ2n) is 7.61. The van der Waals surface area contributed by atoms with Gasteiger partial charge in [0.05, 0.1) is 13.2 Å². The van der Waals surface area contributed by atoms with E-state index in [4.69, 9.17) is 9.47 Å². The minimum absolute atomic E-state index is 0.338. The van der Waals surface area contributed by atoms with E-state index in [0.29, 0.717) is 17.9 Å². The highest BCUT2D eigenvalue weighted by Gasteiger charge is 2.32. The highest BCUT2D eigenvalue weighted by atomic mass is 16.5. The van der Waals surface area contributed by atoms with Crippen molar-refractivity contribution in [1.29, 1.82) is 0 Å². The average Bonchev–Trinajstić information content (AvgIpc) is 3.40. The summed E-state index contributed by atoms with van der Waals surface area (Å²) >= 11 is 0. The summed E-state index contributed by atoms with van der Waals surface area (Å²) in [6.07, 6.45) is 7.05. The molecule has 28 heavy (non-hydrogen) atoms. The first-order valence-electron chi connectivity index (χ1n) is 10.7. The zero-order chi connectivity index (χ0) is 19.9. The van der Waals surface area contributed by atoms with Crippen molar-refractivity contribution in [3.05, 3.63) is 48.2 Å². The molecule has 0 unspecified atom stereocenters. The Balaban J connectivity index is 0.00000109. The van der Waals surface area contributed by atoms with Crippen LogP contribution in [-0.2, 0) is 0 Å². The molecule has 2 fully saturated rings. The average molecular weight is 383 g/mol. The molecule has 1 aliphatic heterocycles. The van der Waals surface area contributed by atoms with Gasteiger partial charge >= 0.3 is 0 Å². The molecular formula is C24H34N2O2. The largest absolute Gasteiger partial charge is 0.493 e. The van der Waals surface area contributed by atoms with Gasteiger partial charge in [-0.3, -0.25) is 0 Å². The lowest BCUT2D eigenvalue weighted by Gasteiger charge is -2.20. The minimum atomic E-state index is 0.338. The van der Waals surface area contributed by atoms with Gasteiger partial charge in [0.2, 0.25) is 0 Å². The Morgan fingerprint density at radius 1 is 1.00 bits per heavy atom. The van der Waals surface area contributed by atoms with Gasteiger partial charge in [-0.15, -0.1) is 0 Å². The molecule has 4 rings (SSSR count). The number of methoxy groups -OCH3 is 1. The maximum Gasteiger partial charge on any atom is 0.161 e. The summed E-state index contributed by atoms with van der Waals surface area (Å²) in [6.45, 7) is 8.36. The number of hydrogen-bond donors (Lipinski definition) is 0. The molecule has 0 radical (unpaired) electrons. The van der Waals surface area contributed by atoms with Crippen molar-refractivity contribution in [3.63, 3.8) is 0 Å². The number of ether oxygens (including phenoxy) is 2. The molecule has 1 aliphatic carbocycles. The molecular weight excluding hydrogens is 348 g/mol. The van der Waals surface area contributed by atoms with Crippen molar-refractivity contribution >= 4 is 5.82 Å². The number of benzene rings is 1. The second-order valence-corrected chi connectivity index (χ2v) is 7.61. The van der Waals surface area contributed by atoms with Gasteiger partial charge in [-0.05, 0) is 61.4 Å². The van der Waals surface area contributed by atoms with Crippen LogP contribution in [0.4, 0.5) is 5.82 Å². The topological polar surface area (TPSA) is 34.6 Å². The van der Waals surface area contributed by atoms with E-state index in [0.717, 1.165) is 43.2 Å². The van der Waals surface area contributed by atoms with Crippen LogP contribution in [-0.4, -0.2) is 31.3 Å². The van der Waals surface area contributed by atoms with Crippen LogP contribution in [0.3, 0.4) is 0 Å². The maximum absolute atomic E-state index is 6.29. The van der Waals surface area contributed by atoms with Gasteiger partial charge in [0.25, 0.3) is 0 Å². The Bertz CT molecular complexity index is 729. The van der Waals surface area contributed by atoms with Crippen LogP contribution in [0.1, 0.15) is 57.9 Å². The van der Waals surface area contributed by atoms with Gasteiger partial charge in [0, 0.05) is 25.2 Å². The first-order valence-corrected chi connectivity index (χ1v) is 10.7. The molecule has 0 bridgehead atoms. The predicted molar refractivity (Wildman–Crippen MR) is 116 cm³/mol. The number of anilines is 1. The number of pyridine rings is 1. The Morgan fingerprint density at radius 3 is 2.46 bits per heavy atom. The van der Waals surface area contributed by atoms with Crippen molar-refractivity contribution in [1.82, 2.24) is 4.98 Å². The first-order chi connectivity index (χ1) is 13.7. The van der Waals surface area contributed by atoms with Crippen LogP contribution in [0, 0.1) is 5.92 Å². The Kier molecular flexibility index (Phi) is 7.18. The molecule has 1 aromatic heterocycles. The van der Waals surface area contributed by atoms with Crippen molar-refractivity contribution in [2.75, 3.05) is 25.1 Å². The summed E-state index contributed by atoms with van der Waals surface area (Å²) in [7, 11) is 1.72. The highest BCUT2D eigenvalue weighted by molar-refractivity contribution is 5.47. The molecule has 1 aromatic carbocycles. The summed E-state index contributed by atoms with van der Waals surface area (Å²) < 4.78 is 11.8. The maximum atomic E-state index is 6.29. The number of rotatable bonds is 5. The first kappa shape index (κ1) is 20.5. The van der Waals surface area contributed by atoms with E-state index in [2.05, 4.69) is 47.1 Å². The smallest absolute Gasteiger partial charge is 0.161 e. The highest BCUT2D eigenvalue weighted by Crippen LogP contribution is 2.39. The standard InChI is InChI=1S/C22H28N2O2.C2H6/c1-16-14-24(22-9-5-6-12-23-22)15-19(16)17-10-11-20(25-2)21(13-17)26-18-7-3-4-8-18;1-2/h5-6,9-13,16,18-19H,3-4,7-8,14-15H2,1-2H3;1-2H3/t16-,19+;/m0./s1. The molecule has 2 aromatic rings. The molecule has 1 saturated heterocycles. The molecule has 0 amide bonds. The lowest BCUT2D eigenvalue weighted by molar-refractivity contribution is 0.200. The van der Waals surface area contributed by atoms with E-state index in [1.165, 1.54) is 18.4 Å². The number of hydrogen-bond acceptors (Lipinski definition) is 4. The quantitative estimate of drug-likeness (QED) is 0.666. The Morgan fingerprint density at radius 2 is 1.79 bits per heavy atom. The summed E-state index contributed by atoms with van der Waals surface area (Å²) in [5.41, 5.74) is 1.34. The molecule has 152 valence electrons. The molecule has 2 aliphatic rings. The summed E-state index contributed by atoms with van der Waals surface area (Å²) in [4.78, 5) is 6.90. The molecule has 2 heterocycles. The predicted octanol–water partition coefficient (Wildman–Crippen LogP) is 5.68. The van der Waals surface area contributed by atoms with Gasteiger partial charge in [-0.1, -0.05) is 32.9 Å². The van der Waals surface area contributed by atoms with E-state index in [9.17, 15) is 0 Å². The third kappa shape index (κ3) is 4.60. The van der Waals surface area contributed by atoms with E-state index < -0.39 is 0 Å². The zero-order valence-corrected chi connectivity index (χ0v) is 17.7. The normalized spacial score (nSPS) is 21.9. The monoisotopic (exact) mass is 382 g/mol. The third-order valence-electron chi connectivity index (χ3n) is 5.80. The van der Waals surface area contributed by atoms with E-state index >= 15 is 0 Å². The Labute approximate surface area is 169 Å². The van der Waals surface area contributed by atoms with Gasteiger partial charge < -0.3 is 14.4 Å². The van der Waals surface area contributed by atoms with Crippen molar-refractivity contribution in [3.8, 4) is 11.5 Å². The molecule has 0 N–H and O–H groups in total. The molecule has 0 spiro atoms. The van der Waals surface area contributed by atoms with Crippen LogP contribution in [0.2, 0.25) is 0 Å². The Hall–Kier alpha value is -2.23. The summed E-state index contributed by atoms with van der Waals surface area (Å²) in [5, 5.41) is 0. The van der Waals surface area contributed by atoms with Crippen molar-refractivity contribution < 1.29 is 9.47 Å². The van der Waals surface area contributed by atoms with Gasteiger partial charge in [-0.25, -0.2) is 4.98 Å². The number of nitrogens with zero attached hydrogens (tertiary/aromatic N) is 2. The third-order valence-corrected chi connectivity index (χ3v) is 5.80. The van der Waals surface area contributed by atoms with Crippen LogP contribution in [0.25, 0.3) is 0 Å². The van der Waals surface area contributed by atoms with Crippen molar-refractivity contribution in [2.45, 2.75) is 58.5 Å². The van der Waals surface area contributed by atoms with Crippen LogP contribution < -0.4 is 14.4 Å². The summed E-state index contributed by atoms with van der Waals surface area (Å²) in [6, 6.07) is 12.6. The number of aromatic nitrogens is 1. The second kappa shape index (κ2) is 9.81. The van der Waals surface area contributed by atoms with E-state index in [1.807, 2.05) is 26.1 Å². The van der Waals surface area contributed by atoms with Crippen LogP contribution in [0.5, 0.6) is 11.5 Å². The SMILES string of the molecule is CC.COc1ccc([C@@H]2CN(c3ccccn3)C[C@@H]2C)cc1OC1CCCC1. The van der Waals surface area contributed by atoms with Crippen LogP contribution >= 0.6 is 0 Å². The van der Waals surface area contributed by atoms with Gasteiger partial charge in [-0.2, -0.15) is 0 Å². The minimum Gasteiger partial charge on any atom is -0.493 e. The van der Waals surface area contributed by atoms with E-state index in [-0.39, 0.29) is 0 Å².